The van der Waals surface area contributed by atoms with Crippen LogP contribution < -0.4 is 5.73 Å². The van der Waals surface area contributed by atoms with E-state index >= 15 is 0 Å². The van der Waals surface area contributed by atoms with E-state index in [1.807, 2.05) is 0 Å². The molecule has 1 atom stereocenters. The molecule has 1 aromatic rings. The van der Waals surface area contributed by atoms with Gasteiger partial charge in [-0.05, 0) is 43.9 Å². The Morgan fingerprint density at radius 2 is 2.14 bits per heavy atom. The Labute approximate surface area is 125 Å². The molecule has 1 rings (SSSR count). The molecule has 0 aliphatic rings. The highest BCUT2D eigenvalue weighted by atomic mass is 19.1. The number of rotatable bonds is 9. The Hall–Kier alpha value is -1.46. The Kier molecular flexibility index (Phi) is 7.32. The molecular formula is C16H24FNO3. The molecule has 0 fully saturated rings. The summed E-state index contributed by atoms with van der Waals surface area (Å²) >= 11 is 0. The SMILES string of the molecule is CCOC(=O)C(CN)(CCCCOC)c1cccc(F)c1. The first-order valence-corrected chi connectivity index (χ1v) is 7.23. The minimum absolute atomic E-state index is 0.0856. The van der Waals surface area contributed by atoms with Crippen LogP contribution in [0.3, 0.4) is 0 Å². The first-order chi connectivity index (χ1) is 10.1. The summed E-state index contributed by atoms with van der Waals surface area (Å²) in [7, 11) is 1.63. The van der Waals surface area contributed by atoms with Crippen LogP contribution >= 0.6 is 0 Å². The molecule has 21 heavy (non-hydrogen) atoms. The minimum Gasteiger partial charge on any atom is -0.465 e. The molecule has 2 N–H and O–H groups in total. The smallest absolute Gasteiger partial charge is 0.317 e. The molecule has 0 bridgehead atoms. The van der Waals surface area contributed by atoms with Gasteiger partial charge in [-0.15, -0.1) is 0 Å². The van der Waals surface area contributed by atoms with Crippen molar-refractivity contribution in [2.75, 3.05) is 26.9 Å². The van der Waals surface area contributed by atoms with Crippen molar-refractivity contribution in [1.82, 2.24) is 0 Å². The summed E-state index contributed by atoms with van der Waals surface area (Å²) in [5.74, 6) is -0.776. The van der Waals surface area contributed by atoms with Crippen molar-refractivity contribution in [3.05, 3.63) is 35.6 Å². The maximum atomic E-state index is 13.5. The Morgan fingerprint density at radius 3 is 2.71 bits per heavy atom. The number of esters is 1. The fourth-order valence-corrected chi connectivity index (χ4v) is 2.40. The molecule has 0 aliphatic heterocycles. The van der Waals surface area contributed by atoms with E-state index in [1.54, 1.807) is 26.2 Å². The molecule has 1 unspecified atom stereocenters. The zero-order chi connectivity index (χ0) is 15.7. The van der Waals surface area contributed by atoms with Crippen LogP contribution in [0.1, 0.15) is 31.7 Å². The standard InChI is InChI=1S/C16H24FNO3/c1-3-21-15(19)16(12-18,9-4-5-10-20-2)13-7-6-8-14(17)11-13/h6-8,11H,3-5,9-10,12,18H2,1-2H3. The molecule has 1 aromatic carbocycles. The molecule has 0 aliphatic carbocycles. The summed E-state index contributed by atoms with van der Waals surface area (Å²) < 4.78 is 23.7. The minimum atomic E-state index is -0.994. The lowest BCUT2D eigenvalue weighted by Crippen LogP contribution is -2.44. The monoisotopic (exact) mass is 297 g/mol. The molecule has 0 saturated carbocycles. The second-order valence-electron chi connectivity index (χ2n) is 4.97. The van der Waals surface area contributed by atoms with Gasteiger partial charge in [-0.25, -0.2) is 4.39 Å². The van der Waals surface area contributed by atoms with Crippen molar-refractivity contribution >= 4 is 5.97 Å². The van der Waals surface area contributed by atoms with Gasteiger partial charge in [0.25, 0.3) is 0 Å². The lowest BCUT2D eigenvalue weighted by molar-refractivity contribution is -0.150. The largest absolute Gasteiger partial charge is 0.465 e. The molecule has 118 valence electrons. The molecule has 5 heteroatoms. The van der Waals surface area contributed by atoms with Crippen molar-refractivity contribution in [2.45, 2.75) is 31.6 Å². The fraction of sp³-hybridized carbons (Fsp3) is 0.562. The maximum Gasteiger partial charge on any atom is 0.317 e. The molecule has 0 amide bonds. The summed E-state index contributed by atoms with van der Waals surface area (Å²) in [6, 6.07) is 6.02. The van der Waals surface area contributed by atoms with E-state index in [0.717, 1.165) is 12.8 Å². The molecule has 0 heterocycles. The third kappa shape index (κ3) is 4.51. The van der Waals surface area contributed by atoms with Crippen molar-refractivity contribution in [1.29, 1.82) is 0 Å². The van der Waals surface area contributed by atoms with Gasteiger partial charge in [0.05, 0.1) is 6.61 Å². The molecule has 0 aromatic heterocycles. The molecule has 0 spiro atoms. The van der Waals surface area contributed by atoms with Crippen molar-refractivity contribution in [3.63, 3.8) is 0 Å². The summed E-state index contributed by atoms with van der Waals surface area (Å²) in [4.78, 5) is 12.4. The van der Waals surface area contributed by atoms with Crippen molar-refractivity contribution in [2.24, 2.45) is 5.73 Å². The number of hydrogen-bond acceptors (Lipinski definition) is 4. The highest BCUT2D eigenvalue weighted by Crippen LogP contribution is 2.31. The third-order valence-electron chi connectivity index (χ3n) is 3.59. The quantitative estimate of drug-likeness (QED) is 0.561. The number of ether oxygens (including phenoxy) is 2. The van der Waals surface area contributed by atoms with Gasteiger partial charge in [-0.3, -0.25) is 4.79 Å². The van der Waals surface area contributed by atoms with Crippen molar-refractivity contribution < 1.29 is 18.7 Å². The maximum absolute atomic E-state index is 13.5. The summed E-state index contributed by atoms with van der Waals surface area (Å²) in [5.41, 5.74) is 5.46. The first kappa shape index (κ1) is 17.6. The topological polar surface area (TPSA) is 61.5 Å². The van der Waals surface area contributed by atoms with Gasteiger partial charge >= 0.3 is 5.97 Å². The third-order valence-corrected chi connectivity index (χ3v) is 3.59. The number of benzene rings is 1. The van der Waals surface area contributed by atoms with E-state index in [2.05, 4.69) is 0 Å². The number of nitrogens with two attached hydrogens (primary N) is 1. The number of carbonyl (C=O) groups excluding carboxylic acids is 1. The van der Waals surface area contributed by atoms with Crippen LogP contribution in [0.15, 0.2) is 24.3 Å². The van der Waals surface area contributed by atoms with E-state index in [4.69, 9.17) is 15.2 Å². The van der Waals surface area contributed by atoms with Crippen molar-refractivity contribution in [3.8, 4) is 0 Å². The second kappa shape index (κ2) is 8.74. The fourth-order valence-electron chi connectivity index (χ4n) is 2.40. The van der Waals surface area contributed by atoms with E-state index in [9.17, 15) is 9.18 Å². The van der Waals surface area contributed by atoms with Crippen LogP contribution in [0.4, 0.5) is 4.39 Å². The first-order valence-electron chi connectivity index (χ1n) is 7.23. The van der Waals surface area contributed by atoms with Gasteiger partial charge in [0.1, 0.15) is 11.2 Å². The zero-order valence-corrected chi connectivity index (χ0v) is 12.7. The van der Waals surface area contributed by atoms with E-state index in [0.29, 0.717) is 18.6 Å². The molecular weight excluding hydrogens is 273 g/mol. The molecule has 4 nitrogen and oxygen atoms in total. The summed E-state index contributed by atoms with van der Waals surface area (Å²) in [6.07, 6.45) is 2.07. The Bertz CT molecular complexity index is 453. The van der Waals surface area contributed by atoms with Crippen LogP contribution in [0.5, 0.6) is 0 Å². The number of unbranched alkanes of at least 4 members (excludes halogenated alkanes) is 1. The van der Waals surface area contributed by atoms with Crippen LogP contribution in [-0.4, -0.2) is 32.8 Å². The summed E-state index contributed by atoms with van der Waals surface area (Å²) in [6.45, 7) is 2.72. The van der Waals surface area contributed by atoms with E-state index in [-0.39, 0.29) is 19.0 Å². The molecule has 0 saturated heterocycles. The zero-order valence-electron chi connectivity index (χ0n) is 12.7. The predicted octanol–water partition coefficient (Wildman–Crippen LogP) is 2.40. The van der Waals surface area contributed by atoms with Gasteiger partial charge in [0, 0.05) is 20.3 Å². The number of carbonyl (C=O) groups is 1. The van der Waals surface area contributed by atoms with Gasteiger partial charge in [0.2, 0.25) is 0 Å². The van der Waals surface area contributed by atoms with Gasteiger partial charge in [-0.2, -0.15) is 0 Å². The van der Waals surface area contributed by atoms with E-state index < -0.39 is 11.4 Å². The lowest BCUT2D eigenvalue weighted by atomic mass is 9.76. The normalized spacial score (nSPS) is 13.7. The van der Waals surface area contributed by atoms with Gasteiger partial charge in [0.15, 0.2) is 0 Å². The average Bonchev–Trinajstić information content (AvgIpc) is 2.48. The van der Waals surface area contributed by atoms with E-state index in [1.165, 1.54) is 12.1 Å². The van der Waals surface area contributed by atoms with Gasteiger partial charge < -0.3 is 15.2 Å². The number of methoxy groups -OCH3 is 1. The van der Waals surface area contributed by atoms with Crippen LogP contribution in [0.25, 0.3) is 0 Å². The number of halogens is 1. The van der Waals surface area contributed by atoms with Gasteiger partial charge in [-0.1, -0.05) is 12.1 Å². The Balaban J connectivity index is 3.04. The highest BCUT2D eigenvalue weighted by molar-refractivity contribution is 5.83. The predicted molar refractivity (Wildman–Crippen MR) is 79.5 cm³/mol. The summed E-state index contributed by atoms with van der Waals surface area (Å²) in [5, 5.41) is 0. The van der Waals surface area contributed by atoms with Crippen LogP contribution in [-0.2, 0) is 19.7 Å². The lowest BCUT2D eigenvalue weighted by Gasteiger charge is -2.30. The van der Waals surface area contributed by atoms with Crippen LogP contribution in [0, 0.1) is 5.82 Å². The van der Waals surface area contributed by atoms with Crippen LogP contribution in [0.2, 0.25) is 0 Å². The number of hydrogen-bond donors (Lipinski definition) is 1. The highest BCUT2D eigenvalue weighted by Gasteiger charge is 2.40. The molecule has 0 radical (unpaired) electrons. The Morgan fingerprint density at radius 1 is 1.38 bits per heavy atom. The average molecular weight is 297 g/mol. The second-order valence-corrected chi connectivity index (χ2v) is 4.97.